The Hall–Kier alpha value is -2.05. The number of rotatable bonds is 9. The van der Waals surface area contributed by atoms with Crippen molar-refractivity contribution in [3.8, 4) is 0 Å². The van der Waals surface area contributed by atoms with Gasteiger partial charge in [-0.2, -0.15) is 13.2 Å². The Bertz CT molecular complexity index is 558. The van der Waals surface area contributed by atoms with Crippen LogP contribution in [0.1, 0.15) is 50.2 Å². The summed E-state index contributed by atoms with van der Waals surface area (Å²) in [6, 6.07) is 3.45. The number of unbranched alkanes of at least 4 members (excludes halogenated alkanes) is 3. The van der Waals surface area contributed by atoms with Gasteiger partial charge in [-0.05, 0) is 18.1 Å². The average Bonchev–Trinajstić information content (AvgIpc) is 2.49. The number of carbonyl (C=O) groups excluding carboxylic acids is 1. The van der Waals surface area contributed by atoms with Crippen LogP contribution in [-0.4, -0.2) is 23.0 Å². The third-order valence-electron chi connectivity index (χ3n) is 3.60. The topological polar surface area (TPSA) is 66.4 Å². The quantitative estimate of drug-likeness (QED) is 0.669. The van der Waals surface area contributed by atoms with E-state index in [-0.39, 0.29) is 12.0 Å². The molecule has 7 heteroatoms. The molecule has 134 valence electrons. The first kappa shape index (κ1) is 20.0. The van der Waals surface area contributed by atoms with Gasteiger partial charge in [0.05, 0.1) is 12.0 Å². The zero-order chi connectivity index (χ0) is 18.2. The molecule has 2 N–H and O–H groups in total. The molecule has 0 saturated heterocycles. The second-order valence-corrected chi connectivity index (χ2v) is 5.68. The summed E-state index contributed by atoms with van der Waals surface area (Å²) in [6.45, 7) is 2.03. The highest BCUT2D eigenvalue weighted by Crippen LogP contribution is 2.29. The molecule has 1 aromatic rings. The van der Waals surface area contributed by atoms with Crippen LogP contribution in [0.4, 0.5) is 13.2 Å². The van der Waals surface area contributed by atoms with E-state index in [1.807, 2.05) is 6.92 Å². The molecule has 0 saturated carbocycles. The maximum absolute atomic E-state index is 12.6. The van der Waals surface area contributed by atoms with Crippen molar-refractivity contribution in [2.24, 2.45) is 0 Å². The predicted octanol–water partition coefficient (Wildman–Crippen LogP) is 3.79. The van der Waals surface area contributed by atoms with Gasteiger partial charge >= 0.3 is 12.1 Å². The van der Waals surface area contributed by atoms with Crippen LogP contribution in [0.2, 0.25) is 0 Å². The monoisotopic (exact) mass is 345 g/mol. The number of alkyl halides is 3. The molecule has 1 rings (SSSR count). The SMILES string of the molecule is CCCCCC[C@@H](NC(=O)Cc1cccc(C(F)(F)F)c1)C(=O)O. The van der Waals surface area contributed by atoms with E-state index in [1.165, 1.54) is 12.1 Å². The van der Waals surface area contributed by atoms with E-state index in [0.717, 1.165) is 31.4 Å². The van der Waals surface area contributed by atoms with E-state index in [2.05, 4.69) is 5.32 Å². The van der Waals surface area contributed by atoms with Gasteiger partial charge in [0.2, 0.25) is 5.91 Å². The van der Waals surface area contributed by atoms with Gasteiger partial charge in [0.15, 0.2) is 0 Å². The highest BCUT2D eigenvalue weighted by Gasteiger charge is 2.30. The third kappa shape index (κ3) is 7.02. The fourth-order valence-electron chi connectivity index (χ4n) is 2.32. The number of halogens is 3. The van der Waals surface area contributed by atoms with Gasteiger partial charge in [-0.15, -0.1) is 0 Å². The van der Waals surface area contributed by atoms with Gasteiger partial charge in [-0.25, -0.2) is 4.79 Å². The highest BCUT2D eigenvalue weighted by atomic mass is 19.4. The maximum Gasteiger partial charge on any atom is 0.416 e. The zero-order valence-corrected chi connectivity index (χ0v) is 13.5. The van der Waals surface area contributed by atoms with Crippen LogP contribution in [0.3, 0.4) is 0 Å². The summed E-state index contributed by atoms with van der Waals surface area (Å²) in [6.07, 6.45) is -0.899. The fourth-order valence-corrected chi connectivity index (χ4v) is 2.32. The minimum absolute atomic E-state index is 0.192. The summed E-state index contributed by atoms with van der Waals surface area (Å²) in [5.41, 5.74) is -0.639. The summed E-state index contributed by atoms with van der Waals surface area (Å²) in [4.78, 5) is 23.1. The first-order chi connectivity index (χ1) is 11.2. The van der Waals surface area contributed by atoms with Gasteiger partial charge in [0.1, 0.15) is 6.04 Å². The summed E-state index contributed by atoms with van der Waals surface area (Å²) in [5, 5.41) is 11.5. The van der Waals surface area contributed by atoms with Gasteiger partial charge in [0.25, 0.3) is 0 Å². The van der Waals surface area contributed by atoms with Gasteiger partial charge in [-0.1, -0.05) is 50.8 Å². The van der Waals surface area contributed by atoms with Crippen molar-refractivity contribution < 1.29 is 27.9 Å². The lowest BCUT2D eigenvalue weighted by Gasteiger charge is -2.15. The molecule has 0 unspecified atom stereocenters. The molecule has 0 heterocycles. The Morgan fingerprint density at radius 2 is 1.92 bits per heavy atom. The van der Waals surface area contributed by atoms with Crippen molar-refractivity contribution in [3.05, 3.63) is 35.4 Å². The number of amides is 1. The molecule has 1 amide bonds. The lowest BCUT2D eigenvalue weighted by Crippen LogP contribution is -2.41. The molecule has 0 radical (unpaired) electrons. The number of nitrogens with one attached hydrogen (secondary N) is 1. The molecular weight excluding hydrogens is 323 g/mol. The van der Waals surface area contributed by atoms with E-state index >= 15 is 0 Å². The van der Waals surface area contributed by atoms with E-state index in [9.17, 15) is 22.8 Å². The molecule has 24 heavy (non-hydrogen) atoms. The predicted molar refractivity (Wildman–Crippen MR) is 83.5 cm³/mol. The number of carbonyl (C=O) groups is 2. The lowest BCUT2D eigenvalue weighted by molar-refractivity contribution is -0.142. The minimum atomic E-state index is -4.48. The van der Waals surface area contributed by atoms with Crippen LogP contribution in [-0.2, 0) is 22.2 Å². The van der Waals surface area contributed by atoms with Crippen molar-refractivity contribution in [2.75, 3.05) is 0 Å². The summed E-state index contributed by atoms with van der Waals surface area (Å²) < 4.78 is 37.9. The number of carboxylic acid groups (broad SMARTS) is 1. The smallest absolute Gasteiger partial charge is 0.416 e. The van der Waals surface area contributed by atoms with Crippen molar-refractivity contribution in [2.45, 2.75) is 57.7 Å². The largest absolute Gasteiger partial charge is 0.480 e. The minimum Gasteiger partial charge on any atom is -0.480 e. The first-order valence-corrected chi connectivity index (χ1v) is 7.92. The van der Waals surface area contributed by atoms with E-state index in [0.29, 0.717) is 12.8 Å². The zero-order valence-electron chi connectivity index (χ0n) is 13.5. The molecule has 1 atom stereocenters. The van der Waals surface area contributed by atoms with Crippen LogP contribution in [0.5, 0.6) is 0 Å². The van der Waals surface area contributed by atoms with E-state index < -0.39 is 29.7 Å². The number of hydrogen-bond donors (Lipinski definition) is 2. The average molecular weight is 345 g/mol. The van der Waals surface area contributed by atoms with Crippen LogP contribution >= 0.6 is 0 Å². The van der Waals surface area contributed by atoms with Crippen molar-refractivity contribution in [1.82, 2.24) is 5.32 Å². The number of aliphatic carboxylic acids is 1. The van der Waals surface area contributed by atoms with Crippen molar-refractivity contribution >= 4 is 11.9 Å². The van der Waals surface area contributed by atoms with Gasteiger partial charge in [-0.3, -0.25) is 4.79 Å². The second-order valence-electron chi connectivity index (χ2n) is 5.68. The molecule has 0 bridgehead atoms. The number of carboxylic acids is 1. The molecule has 0 fully saturated rings. The maximum atomic E-state index is 12.6. The van der Waals surface area contributed by atoms with Crippen LogP contribution in [0.15, 0.2) is 24.3 Å². The molecule has 0 aliphatic rings. The Labute approximate surface area is 139 Å². The van der Waals surface area contributed by atoms with Crippen LogP contribution in [0.25, 0.3) is 0 Å². The molecule has 0 aromatic heterocycles. The van der Waals surface area contributed by atoms with Gasteiger partial charge < -0.3 is 10.4 Å². The Morgan fingerprint density at radius 1 is 1.21 bits per heavy atom. The standard InChI is InChI=1S/C17H22F3NO3/c1-2-3-4-5-9-14(16(23)24)21-15(22)11-12-7-6-8-13(10-12)17(18,19)20/h6-8,10,14H,2-5,9,11H2,1H3,(H,21,22)(H,23,24)/t14-/m1/s1. The molecule has 0 aliphatic heterocycles. The lowest BCUT2D eigenvalue weighted by atomic mass is 10.1. The number of hydrogen-bond acceptors (Lipinski definition) is 2. The summed E-state index contributed by atoms with van der Waals surface area (Å²) in [5.74, 6) is -1.74. The molecule has 1 aromatic carbocycles. The Kier molecular flexibility index (Phi) is 7.74. The summed E-state index contributed by atoms with van der Waals surface area (Å²) >= 11 is 0. The van der Waals surface area contributed by atoms with Gasteiger partial charge in [0, 0.05) is 0 Å². The first-order valence-electron chi connectivity index (χ1n) is 7.92. The normalized spacial score (nSPS) is 12.7. The Balaban J connectivity index is 2.61. The Morgan fingerprint density at radius 3 is 2.50 bits per heavy atom. The fraction of sp³-hybridized carbons (Fsp3) is 0.529. The van der Waals surface area contributed by atoms with Crippen molar-refractivity contribution in [3.63, 3.8) is 0 Å². The molecule has 4 nitrogen and oxygen atoms in total. The van der Waals surface area contributed by atoms with E-state index in [1.54, 1.807) is 0 Å². The second kappa shape index (κ2) is 9.30. The van der Waals surface area contributed by atoms with Crippen LogP contribution in [0, 0.1) is 0 Å². The molecule has 0 spiro atoms. The third-order valence-corrected chi connectivity index (χ3v) is 3.60. The van der Waals surface area contributed by atoms with Crippen molar-refractivity contribution in [1.29, 1.82) is 0 Å². The summed E-state index contributed by atoms with van der Waals surface area (Å²) in [7, 11) is 0. The molecular formula is C17H22F3NO3. The number of benzene rings is 1. The van der Waals surface area contributed by atoms with E-state index in [4.69, 9.17) is 5.11 Å². The highest BCUT2D eigenvalue weighted by molar-refractivity contribution is 5.84. The molecule has 0 aliphatic carbocycles. The van der Waals surface area contributed by atoms with Crippen LogP contribution < -0.4 is 5.32 Å².